The van der Waals surface area contributed by atoms with Gasteiger partial charge < -0.3 is 4.90 Å². The molecule has 162 valence electrons. The molecule has 7 heteroatoms. The molecule has 0 aliphatic carbocycles. The van der Waals surface area contributed by atoms with Crippen LogP contribution in [-0.4, -0.2) is 43.7 Å². The minimum atomic E-state index is -3.70. The summed E-state index contributed by atoms with van der Waals surface area (Å²) in [6.07, 6.45) is 1.24. The number of nitrogens with zero attached hydrogens (tertiary/aromatic N) is 2. The molecular weight excluding hydrogens is 403 g/mol. The molecule has 0 spiro atoms. The number of carbonyl (C=O) groups excluding carboxylic acids is 1. The molecule has 1 fully saturated rings. The molecule has 1 saturated heterocycles. The zero-order chi connectivity index (χ0) is 22.1. The number of sulfonamides is 1. The third-order valence-corrected chi connectivity index (χ3v) is 7.85. The minimum absolute atomic E-state index is 0.148. The summed E-state index contributed by atoms with van der Waals surface area (Å²) in [5.74, 6) is -0.942. The zero-order valence-corrected chi connectivity index (χ0v) is 18.8. The molecule has 0 radical (unpaired) electrons. The van der Waals surface area contributed by atoms with Crippen molar-refractivity contribution in [3.05, 3.63) is 64.5 Å². The first-order chi connectivity index (χ1) is 14.1. The van der Waals surface area contributed by atoms with Crippen LogP contribution in [0, 0.1) is 32.5 Å². The van der Waals surface area contributed by atoms with Gasteiger partial charge in [-0.05, 0) is 50.8 Å². The van der Waals surface area contributed by atoms with Crippen LogP contribution in [0.2, 0.25) is 0 Å². The second-order valence-electron chi connectivity index (χ2n) is 8.22. The lowest BCUT2D eigenvalue weighted by atomic mass is 9.98. The molecule has 2 aromatic carbocycles. The Bertz CT molecular complexity index is 1030. The molecule has 3 rings (SSSR count). The summed E-state index contributed by atoms with van der Waals surface area (Å²) in [5, 5.41) is 0. The van der Waals surface area contributed by atoms with Gasteiger partial charge in [-0.3, -0.25) is 4.79 Å². The number of amides is 1. The standard InChI is InChI=1S/C23H29FN2O3S/c1-16-12-17(2)22(18(3)13-16)30(28,29)26-11-7-9-20(15-26)23(27)25(4)14-19-8-5-6-10-21(19)24/h5-6,8,10,12-13,20H,7,9,11,14-15H2,1-4H3/t20-/m0/s1. The Balaban J connectivity index is 1.78. The molecule has 30 heavy (non-hydrogen) atoms. The van der Waals surface area contributed by atoms with Gasteiger partial charge in [0.2, 0.25) is 15.9 Å². The second kappa shape index (κ2) is 8.86. The maximum atomic E-state index is 13.9. The van der Waals surface area contributed by atoms with Gasteiger partial charge >= 0.3 is 0 Å². The fraction of sp³-hybridized carbons (Fsp3) is 0.435. The average Bonchev–Trinajstić information content (AvgIpc) is 2.68. The summed E-state index contributed by atoms with van der Waals surface area (Å²) in [7, 11) is -2.06. The number of rotatable bonds is 5. The van der Waals surface area contributed by atoms with Gasteiger partial charge in [0, 0.05) is 32.2 Å². The van der Waals surface area contributed by atoms with Gasteiger partial charge in [-0.25, -0.2) is 12.8 Å². The van der Waals surface area contributed by atoms with E-state index in [1.54, 1.807) is 25.2 Å². The van der Waals surface area contributed by atoms with Crippen LogP contribution in [0.4, 0.5) is 4.39 Å². The smallest absolute Gasteiger partial charge is 0.243 e. The first kappa shape index (κ1) is 22.4. The number of aryl methyl sites for hydroxylation is 3. The largest absolute Gasteiger partial charge is 0.341 e. The van der Waals surface area contributed by atoms with Crippen molar-refractivity contribution >= 4 is 15.9 Å². The highest BCUT2D eigenvalue weighted by atomic mass is 32.2. The summed E-state index contributed by atoms with van der Waals surface area (Å²) in [4.78, 5) is 14.8. The Hall–Kier alpha value is -2.25. The molecule has 0 bridgehead atoms. The van der Waals surface area contributed by atoms with E-state index in [1.165, 1.54) is 15.3 Å². The van der Waals surface area contributed by atoms with E-state index in [0.29, 0.717) is 29.8 Å². The quantitative estimate of drug-likeness (QED) is 0.722. The maximum Gasteiger partial charge on any atom is 0.243 e. The highest BCUT2D eigenvalue weighted by Crippen LogP contribution is 2.29. The number of carbonyl (C=O) groups is 1. The normalized spacial score (nSPS) is 17.7. The fourth-order valence-corrected chi connectivity index (χ4v) is 6.27. The first-order valence-electron chi connectivity index (χ1n) is 10.2. The lowest BCUT2D eigenvalue weighted by Gasteiger charge is -2.34. The second-order valence-corrected chi connectivity index (χ2v) is 10.1. The number of halogens is 1. The SMILES string of the molecule is Cc1cc(C)c(S(=O)(=O)N2CCC[C@H](C(=O)N(C)Cc3ccccc3F)C2)c(C)c1. The van der Waals surface area contributed by atoms with Crippen LogP contribution in [0.1, 0.15) is 35.1 Å². The van der Waals surface area contributed by atoms with Crippen molar-refractivity contribution in [3.63, 3.8) is 0 Å². The predicted octanol–water partition coefficient (Wildman–Crippen LogP) is 3.81. The number of hydrogen-bond acceptors (Lipinski definition) is 3. The van der Waals surface area contributed by atoms with E-state index in [1.807, 2.05) is 32.9 Å². The van der Waals surface area contributed by atoms with E-state index in [4.69, 9.17) is 0 Å². The summed E-state index contributed by atoms with van der Waals surface area (Å²) in [6, 6.07) is 10.1. The molecule has 2 aromatic rings. The van der Waals surface area contributed by atoms with Crippen molar-refractivity contribution in [3.8, 4) is 0 Å². The molecule has 1 atom stereocenters. The Kier molecular flexibility index (Phi) is 6.62. The fourth-order valence-electron chi connectivity index (χ4n) is 4.34. The van der Waals surface area contributed by atoms with Crippen molar-refractivity contribution in [2.24, 2.45) is 5.92 Å². The molecule has 0 aromatic heterocycles. The van der Waals surface area contributed by atoms with Crippen LogP contribution in [-0.2, 0) is 21.4 Å². The van der Waals surface area contributed by atoms with E-state index in [2.05, 4.69) is 0 Å². The molecular formula is C23H29FN2O3S. The van der Waals surface area contributed by atoms with Crippen molar-refractivity contribution in [2.75, 3.05) is 20.1 Å². The third kappa shape index (κ3) is 4.57. The molecule has 0 saturated carbocycles. The van der Waals surface area contributed by atoms with Gasteiger partial charge in [-0.15, -0.1) is 0 Å². The topological polar surface area (TPSA) is 57.7 Å². The third-order valence-electron chi connectivity index (χ3n) is 5.68. The van der Waals surface area contributed by atoms with Crippen LogP contribution in [0.15, 0.2) is 41.3 Å². The summed E-state index contributed by atoms with van der Waals surface area (Å²) >= 11 is 0. The lowest BCUT2D eigenvalue weighted by molar-refractivity contribution is -0.135. The van der Waals surface area contributed by atoms with Crippen molar-refractivity contribution < 1.29 is 17.6 Å². The van der Waals surface area contributed by atoms with E-state index in [-0.39, 0.29) is 24.8 Å². The van der Waals surface area contributed by atoms with E-state index < -0.39 is 15.9 Å². The molecule has 5 nitrogen and oxygen atoms in total. The number of hydrogen-bond donors (Lipinski definition) is 0. The van der Waals surface area contributed by atoms with Gasteiger partial charge in [-0.1, -0.05) is 35.9 Å². The Morgan fingerprint density at radius 1 is 1.17 bits per heavy atom. The van der Waals surface area contributed by atoms with Gasteiger partial charge in [0.1, 0.15) is 5.82 Å². The first-order valence-corrected chi connectivity index (χ1v) is 11.6. The van der Waals surface area contributed by atoms with E-state index in [0.717, 1.165) is 16.7 Å². The van der Waals surface area contributed by atoms with Crippen molar-refractivity contribution in [1.29, 1.82) is 0 Å². The molecule has 0 unspecified atom stereocenters. The van der Waals surface area contributed by atoms with Gasteiger partial charge in [0.15, 0.2) is 0 Å². The van der Waals surface area contributed by atoms with Crippen LogP contribution < -0.4 is 0 Å². The lowest BCUT2D eigenvalue weighted by Crippen LogP contribution is -2.46. The highest BCUT2D eigenvalue weighted by molar-refractivity contribution is 7.89. The zero-order valence-electron chi connectivity index (χ0n) is 18.0. The molecule has 1 aliphatic rings. The highest BCUT2D eigenvalue weighted by Gasteiger charge is 2.35. The predicted molar refractivity (Wildman–Crippen MR) is 115 cm³/mol. The van der Waals surface area contributed by atoms with Gasteiger partial charge in [-0.2, -0.15) is 4.31 Å². The summed E-state index contributed by atoms with van der Waals surface area (Å²) in [6.45, 7) is 6.26. The van der Waals surface area contributed by atoms with Crippen LogP contribution in [0.25, 0.3) is 0 Å². The monoisotopic (exact) mass is 432 g/mol. The summed E-state index contributed by atoms with van der Waals surface area (Å²) < 4.78 is 42.1. The van der Waals surface area contributed by atoms with Crippen molar-refractivity contribution in [2.45, 2.75) is 45.1 Å². The Labute approximate surface area is 178 Å². The molecule has 1 heterocycles. The molecule has 1 aliphatic heterocycles. The van der Waals surface area contributed by atoms with Crippen molar-refractivity contribution in [1.82, 2.24) is 9.21 Å². The number of piperidine rings is 1. The van der Waals surface area contributed by atoms with E-state index in [9.17, 15) is 17.6 Å². The minimum Gasteiger partial charge on any atom is -0.341 e. The van der Waals surface area contributed by atoms with Gasteiger partial charge in [0.05, 0.1) is 10.8 Å². The molecule has 0 N–H and O–H groups in total. The van der Waals surface area contributed by atoms with Crippen LogP contribution >= 0.6 is 0 Å². The Morgan fingerprint density at radius 2 is 1.80 bits per heavy atom. The Morgan fingerprint density at radius 3 is 2.43 bits per heavy atom. The van der Waals surface area contributed by atoms with E-state index >= 15 is 0 Å². The van der Waals surface area contributed by atoms with Crippen LogP contribution in [0.3, 0.4) is 0 Å². The maximum absolute atomic E-state index is 13.9. The molecule has 1 amide bonds. The van der Waals surface area contributed by atoms with Crippen LogP contribution in [0.5, 0.6) is 0 Å². The summed E-state index contributed by atoms with van der Waals surface area (Å²) in [5.41, 5.74) is 2.90. The van der Waals surface area contributed by atoms with Gasteiger partial charge in [0.25, 0.3) is 0 Å². The number of benzene rings is 2. The average molecular weight is 433 g/mol.